The van der Waals surface area contributed by atoms with E-state index in [2.05, 4.69) is 6.07 Å². The second kappa shape index (κ2) is 7.62. The minimum Gasteiger partial charge on any atom is -0.386 e. The van der Waals surface area contributed by atoms with Gasteiger partial charge >= 0.3 is 0 Å². The quantitative estimate of drug-likeness (QED) is 0.851. The monoisotopic (exact) mass is 384 g/mol. The Balaban J connectivity index is 1.64. The lowest BCUT2D eigenvalue weighted by atomic mass is 9.87. The summed E-state index contributed by atoms with van der Waals surface area (Å²) in [5.74, 6) is -0.398. The molecule has 0 aliphatic carbocycles. The Labute approximate surface area is 163 Å². The number of fused-ring (bicyclic) bond motifs is 1. The van der Waals surface area contributed by atoms with Crippen LogP contribution >= 0.6 is 0 Å². The van der Waals surface area contributed by atoms with Gasteiger partial charge in [-0.1, -0.05) is 36.4 Å². The number of nitrogens with zero attached hydrogens (tertiary/aromatic N) is 1. The second-order valence-corrected chi connectivity index (χ2v) is 7.70. The van der Waals surface area contributed by atoms with Gasteiger partial charge in [0.25, 0.3) is 5.91 Å². The first-order valence-corrected chi connectivity index (χ1v) is 9.68. The van der Waals surface area contributed by atoms with Crippen LogP contribution in [-0.2, 0) is 16.0 Å². The lowest BCUT2D eigenvalue weighted by Crippen LogP contribution is -2.53. The fraction of sp³-hybridized carbons (Fsp3) is 0.409. The molecule has 148 valence electrons. The number of ether oxygens (including phenoxy) is 1. The summed E-state index contributed by atoms with van der Waals surface area (Å²) in [5.41, 5.74) is 7.68. The van der Waals surface area contributed by atoms with E-state index >= 15 is 0 Å². The molecule has 3 atom stereocenters. The Bertz CT molecular complexity index is 847. The highest BCUT2D eigenvalue weighted by Gasteiger charge is 2.40. The molecule has 2 aliphatic rings. The molecule has 0 unspecified atom stereocenters. The lowest BCUT2D eigenvalue weighted by Gasteiger charge is -2.41. The van der Waals surface area contributed by atoms with E-state index in [4.69, 9.17) is 10.5 Å². The summed E-state index contributed by atoms with van der Waals surface area (Å²) in [5, 5.41) is 10.3. The predicted molar refractivity (Wildman–Crippen MR) is 103 cm³/mol. The number of hydrogen-bond acceptors (Lipinski definition) is 4. The summed E-state index contributed by atoms with van der Waals surface area (Å²) in [4.78, 5) is 15.2. The van der Waals surface area contributed by atoms with Gasteiger partial charge in [-0.05, 0) is 48.1 Å². The standard InChI is InChI=1S/C22H25FN2O3/c23-17-7-5-16(6-8-17)20-18-4-2-1-3-15(18)10-12-25(20)21(26)19-9-11-22(27,13-24)14-28-19/h1-8,19-20,27H,9-14,24H2/t19-,20+,22-/m1/s1. The van der Waals surface area contributed by atoms with E-state index in [0.29, 0.717) is 19.4 Å². The first-order valence-electron chi connectivity index (χ1n) is 9.68. The molecule has 2 aromatic rings. The highest BCUT2D eigenvalue weighted by Crippen LogP contribution is 2.36. The molecule has 1 saturated heterocycles. The first kappa shape index (κ1) is 19.1. The molecule has 1 fully saturated rings. The summed E-state index contributed by atoms with van der Waals surface area (Å²) in [6.07, 6.45) is 1.03. The Morgan fingerprint density at radius 1 is 1.25 bits per heavy atom. The minimum atomic E-state index is -1.05. The number of halogens is 1. The topological polar surface area (TPSA) is 75.8 Å². The zero-order chi connectivity index (χ0) is 19.7. The van der Waals surface area contributed by atoms with E-state index in [1.54, 1.807) is 12.1 Å². The van der Waals surface area contributed by atoms with Crippen LogP contribution in [0.2, 0.25) is 0 Å². The highest BCUT2D eigenvalue weighted by atomic mass is 19.1. The fourth-order valence-corrected chi connectivity index (χ4v) is 4.16. The lowest BCUT2D eigenvalue weighted by molar-refractivity contribution is -0.162. The number of nitrogens with two attached hydrogens (primary N) is 1. The predicted octanol–water partition coefficient (Wildman–Crippen LogP) is 2.17. The summed E-state index contributed by atoms with van der Waals surface area (Å²) >= 11 is 0. The molecule has 0 saturated carbocycles. The summed E-state index contributed by atoms with van der Waals surface area (Å²) < 4.78 is 19.2. The summed E-state index contributed by atoms with van der Waals surface area (Å²) in [6, 6.07) is 14.1. The Kier molecular flexibility index (Phi) is 5.19. The molecular weight excluding hydrogens is 359 g/mol. The zero-order valence-electron chi connectivity index (χ0n) is 15.7. The molecule has 0 aromatic heterocycles. The molecule has 5 nitrogen and oxygen atoms in total. The maximum atomic E-state index is 13.5. The van der Waals surface area contributed by atoms with E-state index in [1.807, 2.05) is 23.1 Å². The summed E-state index contributed by atoms with van der Waals surface area (Å²) in [7, 11) is 0. The number of rotatable bonds is 3. The van der Waals surface area contributed by atoms with Gasteiger partial charge in [0.1, 0.15) is 17.5 Å². The van der Waals surface area contributed by atoms with Crippen LogP contribution in [0.5, 0.6) is 0 Å². The van der Waals surface area contributed by atoms with Crippen molar-refractivity contribution in [1.82, 2.24) is 4.90 Å². The van der Waals surface area contributed by atoms with E-state index < -0.39 is 11.7 Å². The van der Waals surface area contributed by atoms with Crippen LogP contribution < -0.4 is 5.73 Å². The molecular formula is C22H25FN2O3. The van der Waals surface area contributed by atoms with Crippen molar-refractivity contribution >= 4 is 5.91 Å². The molecule has 3 N–H and O–H groups in total. The highest BCUT2D eigenvalue weighted by molar-refractivity contribution is 5.82. The van der Waals surface area contributed by atoms with Gasteiger partial charge in [0, 0.05) is 13.1 Å². The molecule has 28 heavy (non-hydrogen) atoms. The third-order valence-corrected chi connectivity index (χ3v) is 5.83. The average molecular weight is 384 g/mol. The van der Waals surface area contributed by atoms with Crippen molar-refractivity contribution in [2.75, 3.05) is 19.7 Å². The van der Waals surface area contributed by atoms with Crippen LogP contribution in [-0.4, -0.2) is 47.3 Å². The molecule has 6 heteroatoms. The van der Waals surface area contributed by atoms with Gasteiger partial charge in [0.05, 0.1) is 12.6 Å². The van der Waals surface area contributed by atoms with Crippen LogP contribution in [0.3, 0.4) is 0 Å². The Morgan fingerprint density at radius 2 is 2.00 bits per heavy atom. The van der Waals surface area contributed by atoms with Crippen molar-refractivity contribution in [3.8, 4) is 0 Å². The minimum absolute atomic E-state index is 0.0611. The smallest absolute Gasteiger partial charge is 0.252 e. The van der Waals surface area contributed by atoms with Gasteiger partial charge in [0.15, 0.2) is 0 Å². The molecule has 2 heterocycles. The zero-order valence-corrected chi connectivity index (χ0v) is 15.7. The van der Waals surface area contributed by atoms with E-state index in [1.165, 1.54) is 17.7 Å². The maximum Gasteiger partial charge on any atom is 0.252 e. The number of aliphatic hydroxyl groups is 1. The van der Waals surface area contributed by atoms with E-state index in [9.17, 15) is 14.3 Å². The molecule has 0 bridgehead atoms. The van der Waals surface area contributed by atoms with Gasteiger partial charge in [-0.25, -0.2) is 4.39 Å². The van der Waals surface area contributed by atoms with E-state index in [-0.39, 0.29) is 30.9 Å². The first-order chi connectivity index (χ1) is 13.5. The van der Waals surface area contributed by atoms with Crippen LogP contribution in [0.25, 0.3) is 0 Å². The largest absolute Gasteiger partial charge is 0.386 e. The summed E-state index contributed by atoms with van der Waals surface area (Å²) in [6.45, 7) is 0.744. The van der Waals surface area contributed by atoms with Crippen LogP contribution in [0.15, 0.2) is 48.5 Å². The fourth-order valence-electron chi connectivity index (χ4n) is 4.16. The molecule has 2 aromatic carbocycles. The maximum absolute atomic E-state index is 13.5. The number of hydrogen-bond donors (Lipinski definition) is 2. The van der Waals surface area contributed by atoms with Gasteiger partial charge in [-0.15, -0.1) is 0 Å². The molecule has 2 aliphatic heterocycles. The van der Waals surface area contributed by atoms with Crippen molar-refractivity contribution in [3.05, 3.63) is 71.0 Å². The molecule has 0 spiro atoms. The normalized spacial score (nSPS) is 27.3. The van der Waals surface area contributed by atoms with Crippen LogP contribution in [0, 0.1) is 5.82 Å². The SMILES string of the molecule is NC[C@]1(O)CC[C@H](C(=O)N2CCc3ccccc3[C@@H]2c2ccc(F)cc2)OC1. The van der Waals surface area contributed by atoms with Crippen LogP contribution in [0.1, 0.15) is 35.6 Å². The van der Waals surface area contributed by atoms with Crippen LogP contribution in [0.4, 0.5) is 4.39 Å². The van der Waals surface area contributed by atoms with Crippen molar-refractivity contribution in [2.45, 2.75) is 37.0 Å². The molecule has 1 amide bonds. The third-order valence-electron chi connectivity index (χ3n) is 5.83. The number of carbonyl (C=O) groups is 1. The van der Waals surface area contributed by atoms with Crippen molar-refractivity contribution in [1.29, 1.82) is 0 Å². The Hall–Kier alpha value is -2.28. The third kappa shape index (κ3) is 3.55. The molecule has 4 rings (SSSR count). The number of benzene rings is 2. The van der Waals surface area contributed by atoms with Crippen molar-refractivity contribution < 1.29 is 19.0 Å². The number of amides is 1. The van der Waals surface area contributed by atoms with Gasteiger partial charge in [0.2, 0.25) is 0 Å². The van der Waals surface area contributed by atoms with Crippen molar-refractivity contribution in [3.63, 3.8) is 0 Å². The average Bonchev–Trinajstić information content (AvgIpc) is 2.74. The Morgan fingerprint density at radius 3 is 2.68 bits per heavy atom. The van der Waals surface area contributed by atoms with Crippen molar-refractivity contribution in [2.24, 2.45) is 5.73 Å². The van der Waals surface area contributed by atoms with Gasteiger partial charge < -0.3 is 20.5 Å². The molecule has 0 radical (unpaired) electrons. The van der Waals surface area contributed by atoms with Gasteiger partial charge in [-0.2, -0.15) is 0 Å². The van der Waals surface area contributed by atoms with Gasteiger partial charge in [-0.3, -0.25) is 4.79 Å². The second-order valence-electron chi connectivity index (χ2n) is 7.70. The van der Waals surface area contributed by atoms with E-state index in [0.717, 1.165) is 17.5 Å². The number of carbonyl (C=O) groups excluding carboxylic acids is 1.